The summed E-state index contributed by atoms with van der Waals surface area (Å²) in [7, 11) is 0. The molecule has 0 spiro atoms. The highest BCUT2D eigenvalue weighted by Crippen LogP contribution is 2.26. The molecule has 0 aromatic heterocycles. The van der Waals surface area contributed by atoms with E-state index in [9.17, 15) is 5.11 Å². The Morgan fingerprint density at radius 1 is 0.895 bits per heavy atom. The fourth-order valence-corrected chi connectivity index (χ4v) is 2.88. The van der Waals surface area contributed by atoms with Crippen molar-refractivity contribution in [2.75, 3.05) is 0 Å². The second kappa shape index (κ2) is 5.58. The van der Waals surface area contributed by atoms with E-state index < -0.39 is 6.10 Å². The molecule has 0 saturated heterocycles. The van der Waals surface area contributed by atoms with Gasteiger partial charge in [-0.2, -0.15) is 0 Å². The second-order valence-corrected chi connectivity index (χ2v) is 5.52. The maximum Gasteiger partial charge on any atom is 0.0835 e. The molecule has 0 aliphatic carbocycles. The Morgan fingerprint density at radius 2 is 1.53 bits per heavy atom. The van der Waals surface area contributed by atoms with Crippen LogP contribution in [-0.4, -0.2) is 5.11 Å². The van der Waals surface area contributed by atoms with E-state index in [2.05, 4.69) is 58.0 Å². The van der Waals surface area contributed by atoms with Crippen LogP contribution in [0.1, 0.15) is 39.5 Å². The predicted molar refractivity (Wildman–Crippen MR) is 80.5 cm³/mol. The highest BCUT2D eigenvalue weighted by molar-refractivity contribution is 5.39. The summed E-state index contributed by atoms with van der Waals surface area (Å²) in [4.78, 5) is 0. The molecule has 2 aromatic rings. The molecule has 1 heteroatoms. The van der Waals surface area contributed by atoms with E-state index in [1.54, 1.807) is 0 Å². The molecule has 19 heavy (non-hydrogen) atoms. The van der Waals surface area contributed by atoms with E-state index in [1.165, 1.54) is 27.8 Å². The van der Waals surface area contributed by atoms with E-state index in [0.717, 1.165) is 5.56 Å². The summed E-state index contributed by atoms with van der Waals surface area (Å²) in [6.45, 7) is 8.33. The van der Waals surface area contributed by atoms with Gasteiger partial charge in [0.1, 0.15) is 0 Å². The maximum atomic E-state index is 10.5. The van der Waals surface area contributed by atoms with Crippen molar-refractivity contribution in [3.05, 3.63) is 69.8 Å². The lowest BCUT2D eigenvalue weighted by atomic mass is 9.92. The predicted octanol–water partition coefficient (Wildman–Crippen LogP) is 4.20. The van der Waals surface area contributed by atoms with E-state index in [0.29, 0.717) is 6.42 Å². The van der Waals surface area contributed by atoms with Crippen LogP contribution in [0.15, 0.2) is 36.4 Å². The van der Waals surface area contributed by atoms with Gasteiger partial charge in [0, 0.05) is 6.42 Å². The minimum atomic E-state index is -0.428. The van der Waals surface area contributed by atoms with Gasteiger partial charge in [0.2, 0.25) is 0 Å². The van der Waals surface area contributed by atoms with Crippen LogP contribution >= 0.6 is 0 Å². The maximum absolute atomic E-state index is 10.5. The topological polar surface area (TPSA) is 20.2 Å². The average Bonchev–Trinajstić information content (AvgIpc) is 2.27. The van der Waals surface area contributed by atoms with Gasteiger partial charge in [0.15, 0.2) is 0 Å². The molecule has 0 amide bonds. The fraction of sp³-hybridized carbons (Fsp3) is 0.333. The van der Waals surface area contributed by atoms with E-state index in [-0.39, 0.29) is 0 Å². The molecule has 0 fully saturated rings. The van der Waals surface area contributed by atoms with Crippen molar-refractivity contribution in [3.8, 4) is 0 Å². The van der Waals surface area contributed by atoms with Crippen LogP contribution in [0.4, 0.5) is 0 Å². The van der Waals surface area contributed by atoms with E-state index in [1.807, 2.05) is 6.07 Å². The molecule has 0 bridgehead atoms. The molecule has 1 atom stereocenters. The first-order valence-electron chi connectivity index (χ1n) is 6.78. The van der Waals surface area contributed by atoms with Gasteiger partial charge < -0.3 is 5.11 Å². The van der Waals surface area contributed by atoms with Crippen LogP contribution in [0.2, 0.25) is 0 Å². The summed E-state index contributed by atoms with van der Waals surface area (Å²) in [6.07, 6.45) is 0.245. The zero-order valence-electron chi connectivity index (χ0n) is 12.2. The number of aliphatic hydroxyl groups is 1. The fourth-order valence-electron chi connectivity index (χ4n) is 2.88. The minimum Gasteiger partial charge on any atom is -0.388 e. The van der Waals surface area contributed by atoms with Gasteiger partial charge in [-0.25, -0.2) is 0 Å². The van der Waals surface area contributed by atoms with Crippen LogP contribution < -0.4 is 0 Å². The molecule has 0 radical (unpaired) electrons. The van der Waals surface area contributed by atoms with Crippen LogP contribution in [-0.2, 0) is 6.42 Å². The highest BCUT2D eigenvalue weighted by Gasteiger charge is 2.14. The third-order valence-electron chi connectivity index (χ3n) is 3.58. The molecule has 1 N–H and O–H groups in total. The second-order valence-electron chi connectivity index (χ2n) is 5.52. The third-order valence-corrected chi connectivity index (χ3v) is 3.58. The summed E-state index contributed by atoms with van der Waals surface area (Å²) in [5.41, 5.74) is 7.11. The smallest absolute Gasteiger partial charge is 0.0835 e. The van der Waals surface area contributed by atoms with Gasteiger partial charge in [-0.1, -0.05) is 47.5 Å². The van der Waals surface area contributed by atoms with Gasteiger partial charge in [-0.15, -0.1) is 0 Å². The summed E-state index contributed by atoms with van der Waals surface area (Å²) in [5.74, 6) is 0. The van der Waals surface area contributed by atoms with Crippen molar-refractivity contribution >= 4 is 0 Å². The molecular weight excluding hydrogens is 232 g/mol. The molecule has 0 saturated carbocycles. The Balaban J connectivity index is 2.28. The molecule has 0 aliphatic rings. The van der Waals surface area contributed by atoms with Crippen molar-refractivity contribution < 1.29 is 5.11 Å². The number of rotatable bonds is 3. The van der Waals surface area contributed by atoms with Crippen LogP contribution in [0, 0.1) is 27.7 Å². The standard InChI is InChI=1S/C18H22O/c1-12-6-5-7-16(10-12)11-17(19)18-14(3)8-13(2)9-15(18)4/h5-10,17,19H,11H2,1-4H3. The molecule has 2 aromatic carbocycles. The Kier molecular flexibility index (Phi) is 4.06. The van der Waals surface area contributed by atoms with E-state index >= 15 is 0 Å². The van der Waals surface area contributed by atoms with Crippen molar-refractivity contribution in [1.82, 2.24) is 0 Å². The Labute approximate surface area is 115 Å². The summed E-state index contributed by atoms with van der Waals surface area (Å²) in [6, 6.07) is 12.6. The molecule has 1 unspecified atom stereocenters. The van der Waals surface area contributed by atoms with Crippen molar-refractivity contribution in [1.29, 1.82) is 0 Å². The first kappa shape index (κ1) is 13.8. The lowest BCUT2D eigenvalue weighted by Gasteiger charge is -2.18. The van der Waals surface area contributed by atoms with E-state index in [4.69, 9.17) is 0 Å². The average molecular weight is 254 g/mol. The molecular formula is C18H22O. The monoisotopic (exact) mass is 254 g/mol. The largest absolute Gasteiger partial charge is 0.388 e. The van der Waals surface area contributed by atoms with Crippen molar-refractivity contribution in [3.63, 3.8) is 0 Å². The van der Waals surface area contributed by atoms with Gasteiger partial charge in [0.25, 0.3) is 0 Å². The van der Waals surface area contributed by atoms with Crippen molar-refractivity contribution in [2.45, 2.75) is 40.2 Å². The first-order valence-corrected chi connectivity index (χ1v) is 6.78. The zero-order chi connectivity index (χ0) is 14.0. The summed E-state index contributed by atoms with van der Waals surface area (Å²) in [5, 5.41) is 10.5. The summed E-state index contributed by atoms with van der Waals surface area (Å²) < 4.78 is 0. The van der Waals surface area contributed by atoms with Gasteiger partial charge in [0.05, 0.1) is 6.10 Å². The van der Waals surface area contributed by atoms with Gasteiger partial charge in [-0.3, -0.25) is 0 Å². The Bertz CT molecular complexity index is 561. The number of hydrogen-bond acceptors (Lipinski definition) is 1. The highest BCUT2D eigenvalue weighted by atomic mass is 16.3. The zero-order valence-corrected chi connectivity index (χ0v) is 12.2. The van der Waals surface area contributed by atoms with Gasteiger partial charge >= 0.3 is 0 Å². The van der Waals surface area contributed by atoms with Crippen LogP contribution in [0.3, 0.4) is 0 Å². The first-order chi connectivity index (χ1) is 8.97. The van der Waals surface area contributed by atoms with Crippen LogP contribution in [0.5, 0.6) is 0 Å². The lowest BCUT2D eigenvalue weighted by Crippen LogP contribution is -2.06. The van der Waals surface area contributed by atoms with Crippen molar-refractivity contribution in [2.24, 2.45) is 0 Å². The summed E-state index contributed by atoms with van der Waals surface area (Å²) >= 11 is 0. The normalized spacial score (nSPS) is 12.5. The molecule has 1 nitrogen and oxygen atoms in total. The molecule has 0 heterocycles. The lowest BCUT2D eigenvalue weighted by molar-refractivity contribution is 0.177. The van der Waals surface area contributed by atoms with Crippen LogP contribution in [0.25, 0.3) is 0 Å². The Hall–Kier alpha value is -1.60. The number of benzene rings is 2. The number of hydrogen-bond donors (Lipinski definition) is 1. The Morgan fingerprint density at radius 3 is 2.11 bits per heavy atom. The quantitative estimate of drug-likeness (QED) is 0.870. The minimum absolute atomic E-state index is 0.428. The molecule has 2 rings (SSSR count). The number of aryl methyl sites for hydroxylation is 4. The third kappa shape index (κ3) is 3.24. The molecule has 0 aliphatic heterocycles. The van der Waals surface area contributed by atoms with Gasteiger partial charge in [-0.05, 0) is 49.9 Å². The number of aliphatic hydroxyl groups excluding tert-OH is 1. The SMILES string of the molecule is Cc1cccc(CC(O)c2c(C)cc(C)cc2C)c1. The molecule has 100 valence electrons.